The second-order valence-corrected chi connectivity index (χ2v) is 13.4. The highest BCUT2D eigenvalue weighted by Crippen LogP contribution is 2.27. The van der Waals surface area contributed by atoms with Crippen LogP contribution in [0.3, 0.4) is 0 Å². The van der Waals surface area contributed by atoms with E-state index >= 15 is 0 Å². The smallest absolute Gasteiger partial charge is 0.405 e. The third-order valence-corrected chi connectivity index (χ3v) is 7.22. The SMILES string of the molecule is CC(C)(C)OC(=N)c1ccc2cc(C(=O)NC3CCCCC3)n(Cc3ccnc4ccccc34)c2c1.CC(C)(C)OC(N)=O.NC=O. The molecular weight excluding hydrogens is 596 g/mol. The Labute approximate surface area is 276 Å². The number of carbonyl (C=O) groups excluding carboxylic acids is 3. The van der Waals surface area contributed by atoms with Gasteiger partial charge >= 0.3 is 6.09 Å². The molecule has 1 aliphatic rings. The Morgan fingerprint density at radius 1 is 0.979 bits per heavy atom. The highest BCUT2D eigenvalue weighted by Gasteiger charge is 2.22. The maximum atomic E-state index is 13.6. The van der Waals surface area contributed by atoms with Gasteiger partial charge in [-0.1, -0.05) is 43.5 Å². The van der Waals surface area contributed by atoms with E-state index in [4.69, 9.17) is 20.7 Å². The number of hydrogen-bond acceptors (Lipinski definition) is 7. The number of rotatable bonds is 5. The van der Waals surface area contributed by atoms with Gasteiger partial charge < -0.3 is 30.8 Å². The van der Waals surface area contributed by atoms with Crippen LogP contribution in [-0.2, 0) is 20.8 Å². The maximum absolute atomic E-state index is 13.6. The van der Waals surface area contributed by atoms with Gasteiger partial charge in [0, 0.05) is 40.6 Å². The van der Waals surface area contributed by atoms with Crippen LogP contribution < -0.4 is 16.8 Å². The highest BCUT2D eigenvalue weighted by molar-refractivity contribution is 6.02. The van der Waals surface area contributed by atoms with E-state index in [0.717, 1.165) is 53.1 Å². The van der Waals surface area contributed by atoms with Crippen molar-refractivity contribution in [3.05, 3.63) is 77.6 Å². The van der Waals surface area contributed by atoms with E-state index in [9.17, 15) is 9.59 Å². The van der Waals surface area contributed by atoms with Crippen LogP contribution >= 0.6 is 0 Å². The second-order valence-electron chi connectivity index (χ2n) is 13.4. The van der Waals surface area contributed by atoms with Gasteiger partial charge in [-0.25, -0.2) is 4.79 Å². The molecule has 252 valence electrons. The number of hydrogen-bond donors (Lipinski definition) is 4. The zero-order chi connectivity index (χ0) is 34.8. The summed E-state index contributed by atoms with van der Waals surface area (Å²) in [5.74, 6) is 0.0822. The number of para-hydroxylation sites is 1. The molecule has 0 radical (unpaired) electrons. The molecule has 0 spiro atoms. The third kappa shape index (κ3) is 11.1. The van der Waals surface area contributed by atoms with Crippen molar-refractivity contribution in [1.29, 1.82) is 5.41 Å². The summed E-state index contributed by atoms with van der Waals surface area (Å²) in [7, 11) is 0. The zero-order valence-electron chi connectivity index (χ0n) is 28.3. The maximum Gasteiger partial charge on any atom is 0.405 e. The average molecular weight is 645 g/mol. The molecule has 0 aliphatic heterocycles. The van der Waals surface area contributed by atoms with Gasteiger partial charge in [-0.05, 0) is 90.3 Å². The van der Waals surface area contributed by atoms with Crippen molar-refractivity contribution >= 4 is 46.1 Å². The number of benzene rings is 2. The van der Waals surface area contributed by atoms with Crippen molar-refractivity contribution in [2.24, 2.45) is 11.5 Å². The van der Waals surface area contributed by atoms with Gasteiger partial charge in [-0.3, -0.25) is 20.0 Å². The average Bonchev–Trinajstić information content (AvgIpc) is 3.34. The lowest BCUT2D eigenvalue weighted by Gasteiger charge is -2.23. The molecule has 4 aromatic rings. The molecule has 0 unspecified atom stereocenters. The summed E-state index contributed by atoms with van der Waals surface area (Å²) in [4.78, 5) is 36.7. The number of aromatic nitrogens is 2. The van der Waals surface area contributed by atoms with E-state index in [0.29, 0.717) is 17.8 Å². The van der Waals surface area contributed by atoms with E-state index in [-0.39, 0.29) is 24.3 Å². The summed E-state index contributed by atoms with van der Waals surface area (Å²) in [5.41, 5.74) is 12.2. The lowest BCUT2D eigenvalue weighted by molar-refractivity contribution is -0.106. The minimum absolute atomic E-state index is 0.0426. The Hall–Kier alpha value is -4.93. The first kappa shape index (κ1) is 36.5. The highest BCUT2D eigenvalue weighted by atomic mass is 16.6. The van der Waals surface area contributed by atoms with Crippen molar-refractivity contribution in [3.63, 3.8) is 0 Å². The Balaban J connectivity index is 0.000000473. The molecule has 5 rings (SSSR count). The molecule has 11 nitrogen and oxygen atoms in total. The van der Waals surface area contributed by atoms with Crippen LogP contribution in [-0.4, -0.2) is 51.1 Å². The van der Waals surface area contributed by atoms with Crippen molar-refractivity contribution in [2.75, 3.05) is 0 Å². The first-order valence-corrected chi connectivity index (χ1v) is 15.8. The van der Waals surface area contributed by atoms with Crippen LogP contribution in [0, 0.1) is 5.41 Å². The van der Waals surface area contributed by atoms with Gasteiger partial charge in [0.2, 0.25) is 12.3 Å². The predicted octanol–water partition coefficient (Wildman–Crippen LogP) is 6.42. The minimum Gasteiger partial charge on any atom is -0.472 e. The monoisotopic (exact) mass is 644 g/mol. The van der Waals surface area contributed by atoms with Gasteiger partial charge in [0.1, 0.15) is 16.9 Å². The lowest BCUT2D eigenvalue weighted by Crippen LogP contribution is -2.37. The quantitative estimate of drug-likeness (QED) is 0.111. The fraction of sp³-hybridized carbons (Fsp3) is 0.417. The predicted molar refractivity (Wildman–Crippen MR) is 185 cm³/mol. The molecule has 1 fully saturated rings. The zero-order valence-corrected chi connectivity index (χ0v) is 28.3. The van der Waals surface area contributed by atoms with Gasteiger partial charge in [0.15, 0.2) is 0 Å². The van der Waals surface area contributed by atoms with E-state index in [2.05, 4.69) is 31.4 Å². The van der Waals surface area contributed by atoms with E-state index in [1.807, 2.05) is 75.5 Å². The van der Waals surface area contributed by atoms with Crippen LogP contribution in [0.5, 0.6) is 0 Å². The third-order valence-electron chi connectivity index (χ3n) is 7.22. The number of ether oxygens (including phenoxy) is 2. The molecule has 1 saturated carbocycles. The van der Waals surface area contributed by atoms with Crippen LogP contribution in [0.4, 0.5) is 4.79 Å². The van der Waals surface area contributed by atoms with Crippen molar-refractivity contribution in [1.82, 2.24) is 14.9 Å². The number of fused-ring (bicyclic) bond motifs is 2. The number of pyridine rings is 1. The van der Waals surface area contributed by atoms with E-state index in [1.54, 1.807) is 20.8 Å². The number of nitrogens with two attached hydrogens (primary N) is 2. The largest absolute Gasteiger partial charge is 0.472 e. The van der Waals surface area contributed by atoms with Crippen molar-refractivity contribution in [3.8, 4) is 0 Å². The number of nitrogens with zero attached hydrogens (tertiary/aromatic N) is 2. The van der Waals surface area contributed by atoms with Crippen LogP contribution in [0.25, 0.3) is 21.8 Å². The molecule has 3 amide bonds. The summed E-state index contributed by atoms with van der Waals surface area (Å²) < 4.78 is 12.5. The van der Waals surface area contributed by atoms with Gasteiger partial charge in [-0.15, -0.1) is 0 Å². The summed E-state index contributed by atoms with van der Waals surface area (Å²) >= 11 is 0. The van der Waals surface area contributed by atoms with Gasteiger partial charge in [0.25, 0.3) is 5.91 Å². The Bertz CT molecular complexity index is 1690. The first-order valence-electron chi connectivity index (χ1n) is 15.8. The Morgan fingerprint density at radius 2 is 1.62 bits per heavy atom. The number of amides is 3. The lowest BCUT2D eigenvalue weighted by atomic mass is 9.95. The van der Waals surface area contributed by atoms with Crippen LogP contribution in [0.2, 0.25) is 0 Å². The molecule has 2 aromatic heterocycles. The second kappa shape index (κ2) is 16.1. The fourth-order valence-electron chi connectivity index (χ4n) is 5.39. The van der Waals surface area contributed by atoms with Crippen LogP contribution in [0.15, 0.2) is 60.8 Å². The van der Waals surface area contributed by atoms with E-state index in [1.165, 1.54) is 6.42 Å². The molecule has 2 aromatic carbocycles. The Morgan fingerprint density at radius 3 is 2.21 bits per heavy atom. The number of nitrogens with one attached hydrogen (secondary N) is 2. The summed E-state index contributed by atoms with van der Waals surface area (Å²) in [6.07, 6.45) is 6.99. The summed E-state index contributed by atoms with van der Waals surface area (Å²) in [6.45, 7) is 11.6. The first-order chi connectivity index (χ1) is 22.1. The topological polar surface area (TPSA) is 175 Å². The molecule has 0 saturated heterocycles. The van der Waals surface area contributed by atoms with Crippen molar-refractivity contribution in [2.45, 2.75) is 97.4 Å². The summed E-state index contributed by atoms with van der Waals surface area (Å²) in [6, 6.07) is 18.1. The normalized spacial score (nSPS) is 13.4. The fourth-order valence-corrected chi connectivity index (χ4v) is 5.39. The molecule has 0 atom stereocenters. The molecule has 0 bridgehead atoms. The minimum atomic E-state index is -0.725. The van der Waals surface area contributed by atoms with Gasteiger partial charge in [0.05, 0.1) is 5.52 Å². The number of primary amides is 2. The number of carbonyl (C=O) groups is 3. The molecule has 47 heavy (non-hydrogen) atoms. The van der Waals surface area contributed by atoms with E-state index < -0.39 is 17.3 Å². The van der Waals surface area contributed by atoms with Crippen LogP contribution in [0.1, 0.15) is 95.3 Å². The molecular formula is C36H48N6O5. The van der Waals surface area contributed by atoms with Gasteiger partial charge in [-0.2, -0.15) is 0 Å². The molecule has 11 heteroatoms. The summed E-state index contributed by atoms with van der Waals surface area (Å²) in [5, 5.41) is 13.8. The molecule has 1 aliphatic carbocycles. The Kier molecular flexibility index (Phi) is 12.5. The standard InChI is InChI=1S/C30H34N4O2.C5H11NO2.CH3NO/c1-30(2,3)36-28(31)21-14-13-20-17-27(29(35)33-23-9-5-4-6-10-23)34(26(20)18-21)19-22-15-16-32-25-12-8-7-11-24(22)25;1-5(2,3)8-4(6)7;2-1-3/h7-8,11-18,23,31H,4-6,9-10,19H2,1-3H3,(H,33,35);1-3H3,(H2,6,7);1H,(H2,2,3). The molecule has 2 heterocycles. The van der Waals surface area contributed by atoms with Crippen molar-refractivity contribution < 1.29 is 23.9 Å². The molecule has 6 N–H and O–H groups in total.